The molecule has 2 fully saturated rings. The van der Waals surface area contributed by atoms with Crippen LogP contribution < -0.4 is 5.32 Å². The molecule has 0 aromatic heterocycles. The Balaban J connectivity index is 1.61. The Kier molecular flexibility index (Phi) is 4.19. The number of hydrogen-bond acceptors (Lipinski definition) is 2. The third-order valence-electron chi connectivity index (χ3n) is 5.01. The fourth-order valence-corrected chi connectivity index (χ4v) is 3.94. The number of urea groups is 1. The molecule has 1 aromatic rings. The summed E-state index contributed by atoms with van der Waals surface area (Å²) >= 11 is 5.71. The number of carbonyl (C=O) groups is 2. The maximum Gasteiger partial charge on any atom is 0.317 e. The van der Waals surface area contributed by atoms with Crippen molar-refractivity contribution in [2.45, 2.75) is 25.8 Å². The molecule has 2 atom stereocenters. The maximum absolute atomic E-state index is 13.1. The van der Waals surface area contributed by atoms with Crippen molar-refractivity contribution in [2.24, 2.45) is 11.3 Å². The Morgan fingerprint density at radius 1 is 1.48 bits per heavy atom. The number of halogens is 2. The van der Waals surface area contributed by atoms with Crippen LogP contribution in [0.25, 0.3) is 0 Å². The Labute approximate surface area is 138 Å². The molecule has 3 rings (SSSR count). The first kappa shape index (κ1) is 16.1. The van der Waals surface area contributed by atoms with Crippen molar-refractivity contribution in [1.29, 1.82) is 0 Å². The molecule has 0 radical (unpaired) electrons. The van der Waals surface area contributed by atoms with Crippen LogP contribution in [0.15, 0.2) is 18.2 Å². The maximum atomic E-state index is 13.1. The van der Waals surface area contributed by atoms with Gasteiger partial charge in [0.25, 0.3) is 0 Å². The molecule has 124 valence electrons. The van der Waals surface area contributed by atoms with Gasteiger partial charge in [-0.25, -0.2) is 9.18 Å². The van der Waals surface area contributed by atoms with E-state index >= 15 is 0 Å². The molecule has 2 amide bonds. The van der Waals surface area contributed by atoms with Crippen molar-refractivity contribution in [3.63, 3.8) is 0 Å². The molecule has 1 aliphatic heterocycles. The molecule has 2 aliphatic rings. The van der Waals surface area contributed by atoms with E-state index < -0.39 is 17.2 Å². The van der Waals surface area contributed by atoms with E-state index in [9.17, 15) is 19.1 Å². The summed E-state index contributed by atoms with van der Waals surface area (Å²) in [7, 11) is 0. The van der Waals surface area contributed by atoms with E-state index in [1.165, 1.54) is 12.1 Å². The minimum atomic E-state index is -0.805. The van der Waals surface area contributed by atoms with Gasteiger partial charge in [-0.05, 0) is 36.5 Å². The van der Waals surface area contributed by atoms with Crippen LogP contribution in [0.5, 0.6) is 0 Å². The second kappa shape index (κ2) is 6.00. The van der Waals surface area contributed by atoms with Gasteiger partial charge in [-0.1, -0.05) is 24.1 Å². The van der Waals surface area contributed by atoms with Gasteiger partial charge in [-0.2, -0.15) is 0 Å². The molecule has 7 heteroatoms. The van der Waals surface area contributed by atoms with Crippen LogP contribution >= 0.6 is 11.6 Å². The Bertz CT molecular complexity index is 654. The number of amides is 2. The van der Waals surface area contributed by atoms with Gasteiger partial charge >= 0.3 is 12.0 Å². The van der Waals surface area contributed by atoms with Gasteiger partial charge in [0.05, 0.1) is 10.4 Å². The molecular weight excluding hydrogens is 323 g/mol. The van der Waals surface area contributed by atoms with E-state index in [1.807, 2.05) is 0 Å². The lowest BCUT2D eigenvalue weighted by atomic mass is 9.81. The minimum absolute atomic E-state index is 0.0114. The highest BCUT2D eigenvalue weighted by atomic mass is 35.5. The summed E-state index contributed by atoms with van der Waals surface area (Å²) in [6, 6.07) is 3.98. The molecule has 1 aromatic carbocycles. The number of nitrogens with zero attached hydrogens (tertiary/aromatic N) is 1. The number of benzene rings is 1. The smallest absolute Gasteiger partial charge is 0.317 e. The largest absolute Gasteiger partial charge is 0.481 e. The standard InChI is InChI=1S/C16H18ClFN2O3/c17-12-6-10(3-4-13(12)18)7-19-15(23)20-8-11-2-1-5-16(11,9-20)14(21)22/h3-4,6,11H,1-2,5,7-9H2,(H,19,23)(H,21,22)/t11-,16+/m0/s1. The normalized spacial score (nSPS) is 26.2. The minimum Gasteiger partial charge on any atom is -0.481 e. The van der Waals surface area contributed by atoms with Crippen molar-refractivity contribution in [1.82, 2.24) is 10.2 Å². The molecule has 1 saturated carbocycles. The summed E-state index contributed by atoms with van der Waals surface area (Å²) in [6.45, 7) is 0.950. The van der Waals surface area contributed by atoms with Crippen LogP contribution in [0.2, 0.25) is 5.02 Å². The van der Waals surface area contributed by atoms with E-state index in [-0.39, 0.29) is 30.1 Å². The Morgan fingerprint density at radius 3 is 2.91 bits per heavy atom. The number of aliphatic carboxylic acids is 1. The van der Waals surface area contributed by atoms with Crippen LogP contribution in [0, 0.1) is 17.2 Å². The molecule has 2 N–H and O–H groups in total. The quantitative estimate of drug-likeness (QED) is 0.889. The molecule has 0 spiro atoms. The SMILES string of the molecule is O=C(NCc1ccc(F)c(Cl)c1)N1C[C@@H]2CCC[C@@]2(C(=O)O)C1. The van der Waals surface area contributed by atoms with Crippen LogP contribution in [0.4, 0.5) is 9.18 Å². The number of carboxylic acids is 1. The fraction of sp³-hybridized carbons (Fsp3) is 0.500. The van der Waals surface area contributed by atoms with Crippen LogP contribution in [-0.4, -0.2) is 35.1 Å². The van der Waals surface area contributed by atoms with E-state index in [1.54, 1.807) is 11.0 Å². The van der Waals surface area contributed by atoms with Gasteiger partial charge in [0.1, 0.15) is 5.82 Å². The lowest BCUT2D eigenvalue weighted by Gasteiger charge is -2.23. The Morgan fingerprint density at radius 2 is 2.26 bits per heavy atom. The highest BCUT2D eigenvalue weighted by molar-refractivity contribution is 6.30. The van der Waals surface area contributed by atoms with E-state index in [4.69, 9.17) is 11.6 Å². The molecular formula is C16H18ClFN2O3. The lowest BCUT2D eigenvalue weighted by Crippen LogP contribution is -2.41. The molecule has 1 aliphatic carbocycles. The Hall–Kier alpha value is -1.82. The van der Waals surface area contributed by atoms with Crippen LogP contribution in [0.3, 0.4) is 0 Å². The van der Waals surface area contributed by atoms with Gasteiger partial charge in [-0.15, -0.1) is 0 Å². The zero-order valence-electron chi connectivity index (χ0n) is 12.5. The average Bonchev–Trinajstić information content (AvgIpc) is 3.06. The third-order valence-corrected chi connectivity index (χ3v) is 5.30. The lowest BCUT2D eigenvalue weighted by molar-refractivity contribution is -0.149. The number of hydrogen-bond donors (Lipinski definition) is 2. The van der Waals surface area contributed by atoms with Crippen LogP contribution in [0.1, 0.15) is 24.8 Å². The zero-order valence-corrected chi connectivity index (χ0v) is 13.3. The molecule has 5 nitrogen and oxygen atoms in total. The molecule has 0 unspecified atom stereocenters. The number of rotatable bonds is 3. The van der Waals surface area contributed by atoms with Gasteiger partial charge in [-0.3, -0.25) is 4.79 Å². The highest BCUT2D eigenvalue weighted by Gasteiger charge is 2.55. The average molecular weight is 341 g/mol. The van der Waals surface area contributed by atoms with Crippen molar-refractivity contribution >= 4 is 23.6 Å². The van der Waals surface area contributed by atoms with Crippen molar-refractivity contribution in [3.05, 3.63) is 34.6 Å². The third kappa shape index (κ3) is 2.87. The zero-order chi connectivity index (χ0) is 16.6. The van der Waals surface area contributed by atoms with E-state index in [0.717, 1.165) is 12.8 Å². The molecule has 23 heavy (non-hydrogen) atoms. The second-order valence-electron chi connectivity index (χ2n) is 6.34. The first-order chi connectivity index (χ1) is 10.9. The number of nitrogens with one attached hydrogen (secondary N) is 1. The summed E-state index contributed by atoms with van der Waals surface area (Å²) in [5.74, 6) is -1.27. The summed E-state index contributed by atoms with van der Waals surface area (Å²) in [6.07, 6.45) is 2.38. The second-order valence-corrected chi connectivity index (χ2v) is 6.75. The molecule has 1 saturated heterocycles. The number of carboxylic acid groups (broad SMARTS) is 1. The highest BCUT2D eigenvalue weighted by Crippen LogP contribution is 2.48. The van der Waals surface area contributed by atoms with Gasteiger partial charge in [0.15, 0.2) is 0 Å². The van der Waals surface area contributed by atoms with Crippen molar-refractivity contribution < 1.29 is 19.1 Å². The fourth-order valence-electron chi connectivity index (χ4n) is 3.73. The number of fused-ring (bicyclic) bond motifs is 1. The first-order valence-corrected chi connectivity index (χ1v) is 8.00. The topological polar surface area (TPSA) is 69.6 Å². The summed E-state index contributed by atoms with van der Waals surface area (Å²) in [5, 5.41) is 12.3. The monoisotopic (exact) mass is 340 g/mol. The molecule has 0 bridgehead atoms. The number of carbonyl (C=O) groups excluding carboxylic acids is 1. The van der Waals surface area contributed by atoms with Gasteiger partial charge in [0, 0.05) is 19.6 Å². The van der Waals surface area contributed by atoms with E-state index in [2.05, 4.69) is 5.32 Å². The summed E-state index contributed by atoms with van der Waals surface area (Å²) in [4.78, 5) is 25.5. The summed E-state index contributed by atoms with van der Waals surface area (Å²) in [5.41, 5.74) is -0.0895. The first-order valence-electron chi connectivity index (χ1n) is 7.62. The van der Waals surface area contributed by atoms with E-state index in [0.29, 0.717) is 18.5 Å². The number of likely N-dealkylation sites (tertiary alicyclic amines) is 1. The predicted octanol–water partition coefficient (Wildman–Crippen LogP) is 2.88. The van der Waals surface area contributed by atoms with Crippen molar-refractivity contribution in [2.75, 3.05) is 13.1 Å². The predicted molar refractivity (Wildman–Crippen MR) is 82.6 cm³/mol. The van der Waals surface area contributed by atoms with Gasteiger partial charge in [0.2, 0.25) is 0 Å². The molecule has 1 heterocycles. The van der Waals surface area contributed by atoms with Crippen LogP contribution in [-0.2, 0) is 11.3 Å². The summed E-state index contributed by atoms with van der Waals surface area (Å²) < 4.78 is 13.1. The van der Waals surface area contributed by atoms with Gasteiger partial charge < -0.3 is 15.3 Å². The van der Waals surface area contributed by atoms with Crippen molar-refractivity contribution in [3.8, 4) is 0 Å².